The Morgan fingerprint density at radius 2 is 1.43 bits per heavy atom. The number of carbonyl (C=O) groups is 1. The molecule has 0 saturated carbocycles. The molecule has 1 aromatic heterocycles. The molecule has 1 fully saturated rings. The van der Waals surface area contributed by atoms with Crippen LogP contribution in [0.4, 0.5) is 4.79 Å². The number of carbonyl (C=O) groups excluding carboxylic acids is 1. The van der Waals surface area contributed by atoms with Gasteiger partial charge in [-0.15, -0.1) is 0 Å². The normalized spacial score (nSPS) is 19.2. The first kappa shape index (κ1) is 32.4. The van der Waals surface area contributed by atoms with E-state index in [1.165, 1.54) is 0 Å². The maximum Gasteiger partial charge on any atom is 0.315 e. The molecule has 47 heavy (non-hydrogen) atoms. The third-order valence-electron chi connectivity index (χ3n) is 8.23. The fourth-order valence-electron chi connectivity index (χ4n) is 5.54. The van der Waals surface area contributed by atoms with Crippen LogP contribution in [0.3, 0.4) is 0 Å². The lowest BCUT2D eigenvalue weighted by Gasteiger charge is -2.41. The average Bonchev–Trinajstić information content (AvgIpc) is 3.14. The predicted octanol–water partition coefficient (Wildman–Crippen LogP) is 7.22. The summed E-state index contributed by atoms with van der Waals surface area (Å²) in [5.41, 5.74) is 7.00. The summed E-state index contributed by atoms with van der Waals surface area (Å²) < 4.78 is 13.2. The van der Waals surface area contributed by atoms with Gasteiger partial charge >= 0.3 is 6.03 Å². The standard InChI is InChI=1S/C38H38N4O4S/c1-26-34(25-47-38-39-19-6-20-40-38)45-36(46-35(26)31-13-11-28(24-43)12-14-31)32-17-15-30(16-18-32)33-10-5-9-29(21-33)23-42-37(44)41-22-27-7-3-2-4-8-27/h2-21,26,34-36,43H,22-25H2,1H3,(H2,41,42,44)/t26-,34+,35+,36+/m1/s1. The van der Waals surface area contributed by atoms with E-state index in [1.807, 2.05) is 84.9 Å². The van der Waals surface area contributed by atoms with Gasteiger partial charge in [0.05, 0.1) is 18.8 Å². The van der Waals surface area contributed by atoms with Crippen LogP contribution in [0, 0.1) is 5.92 Å². The monoisotopic (exact) mass is 646 g/mol. The van der Waals surface area contributed by atoms with Crippen LogP contribution in [0.2, 0.25) is 0 Å². The molecule has 3 N–H and O–H groups in total. The molecule has 8 nitrogen and oxygen atoms in total. The summed E-state index contributed by atoms with van der Waals surface area (Å²) >= 11 is 1.57. The first-order chi connectivity index (χ1) is 23.1. The zero-order chi connectivity index (χ0) is 32.4. The summed E-state index contributed by atoms with van der Waals surface area (Å²) in [6.07, 6.45) is 2.62. The Balaban J connectivity index is 1.13. The Bertz CT molecular complexity index is 1720. The summed E-state index contributed by atoms with van der Waals surface area (Å²) in [5.74, 6) is 0.748. The van der Waals surface area contributed by atoms with Crippen LogP contribution >= 0.6 is 11.8 Å². The zero-order valence-electron chi connectivity index (χ0n) is 26.2. The molecule has 0 unspecified atom stereocenters. The SMILES string of the molecule is C[C@@H]1[C@H](CSc2ncccn2)O[C@H](c2ccc(-c3cccc(CNC(=O)NCc4ccccc4)c3)cc2)O[C@@H]1c1ccc(CO)cc1. The van der Waals surface area contributed by atoms with E-state index in [4.69, 9.17) is 9.47 Å². The highest BCUT2D eigenvalue weighted by Gasteiger charge is 2.38. The summed E-state index contributed by atoms with van der Waals surface area (Å²) in [6.45, 7) is 3.04. The minimum absolute atomic E-state index is 0.000704. The second kappa shape index (κ2) is 15.8. The molecule has 5 aromatic rings. The van der Waals surface area contributed by atoms with E-state index in [1.54, 1.807) is 24.2 Å². The second-order valence-corrected chi connectivity index (χ2v) is 12.5. The van der Waals surface area contributed by atoms with Gasteiger partial charge in [0.1, 0.15) is 0 Å². The molecule has 4 aromatic carbocycles. The molecule has 6 rings (SSSR count). The van der Waals surface area contributed by atoms with E-state index in [0.29, 0.717) is 24.0 Å². The maximum absolute atomic E-state index is 12.4. The summed E-state index contributed by atoms with van der Waals surface area (Å²) in [4.78, 5) is 21.1. The molecule has 0 bridgehead atoms. The number of amides is 2. The van der Waals surface area contributed by atoms with Crippen molar-refractivity contribution in [1.29, 1.82) is 0 Å². The molecule has 9 heteroatoms. The van der Waals surface area contributed by atoms with Crippen LogP contribution in [-0.4, -0.2) is 33.0 Å². The summed E-state index contributed by atoms with van der Waals surface area (Å²) in [6, 6.07) is 35.8. The van der Waals surface area contributed by atoms with Crippen LogP contribution in [-0.2, 0) is 29.2 Å². The summed E-state index contributed by atoms with van der Waals surface area (Å²) in [7, 11) is 0. The lowest BCUT2D eigenvalue weighted by atomic mass is 9.91. The molecule has 2 amide bonds. The Kier molecular flexibility index (Phi) is 10.9. The lowest BCUT2D eigenvalue weighted by molar-refractivity contribution is -0.268. The minimum Gasteiger partial charge on any atom is -0.392 e. The van der Waals surface area contributed by atoms with Gasteiger partial charge in [-0.25, -0.2) is 14.8 Å². The minimum atomic E-state index is -0.560. The van der Waals surface area contributed by atoms with Crippen molar-refractivity contribution in [2.75, 3.05) is 5.75 Å². The third kappa shape index (κ3) is 8.64. The lowest BCUT2D eigenvalue weighted by Crippen LogP contribution is -2.38. The molecule has 1 aliphatic rings. The molecule has 0 spiro atoms. The van der Waals surface area contributed by atoms with E-state index in [-0.39, 0.29) is 30.8 Å². The van der Waals surface area contributed by atoms with Crippen molar-refractivity contribution in [3.05, 3.63) is 149 Å². The second-order valence-electron chi connectivity index (χ2n) is 11.5. The van der Waals surface area contributed by atoms with Crippen molar-refractivity contribution < 1.29 is 19.4 Å². The van der Waals surface area contributed by atoms with E-state index < -0.39 is 6.29 Å². The Morgan fingerprint density at radius 1 is 0.745 bits per heavy atom. The highest BCUT2D eigenvalue weighted by Crippen LogP contribution is 2.43. The van der Waals surface area contributed by atoms with Crippen molar-refractivity contribution in [2.24, 2.45) is 5.92 Å². The molecule has 0 aliphatic carbocycles. The number of aliphatic hydroxyl groups is 1. The fraction of sp³-hybridized carbons (Fsp3) is 0.237. The highest BCUT2D eigenvalue weighted by molar-refractivity contribution is 7.99. The van der Waals surface area contributed by atoms with Crippen molar-refractivity contribution in [2.45, 2.75) is 50.3 Å². The first-order valence-corrected chi connectivity index (χ1v) is 16.7. The summed E-state index contributed by atoms with van der Waals surface area (Å²) in [5, 5.41) is 16.1. The Hall–Kier alpha value is -4.54. The highest BCUT2D eigenvalue weighted by atomic mass is 32.2. The molecule has 4 atom stereocenters. The molecular weight excluding hydrogens is 609 g/mol. The van der Waals surface area contributed by atoms with Gasteiger partial charge in [0.2, 0.25) is 0 Å². The number of rotatable bonds is 11. The van der Waals surface area contributed by atoms with Crippen molar-refractivity contribution in [3.63, 3.8) is 0 Å². The van der Waals surface area contributed by atoms with Crippen LogP contribution in [0.1, 0.15) is 47.1 Å². The Labute approximate surface area is 279 Å². The number of urea groups is 1. The van der Waals surface area contributed by atoms with E-state index in [0.717, 1.165) is 38.9 Å². The van der Waals surface area contributed by atoms with Gasteiger partial charge in [0, 0.05) is 42.7 Å². The zero-order valence-corrected chi connectivity index (χ0v) is 27.0. The van der Waals surface area contributed by atoms with E-state index >= 15 is 0 Å². The number of ether oxygens (including phenoxy) is 2. The third-order valence-corrected chi connectivity index (χ3v) is 9.20. The topological polar surface area (TPSA) is 106 Å². The predicted molar refractivity (Wildman–Crippen MR) is 183 cm³/mol. The number of aliphatic hydroxyl groups excluding tert-OH is 1. The van der Waals surface area contributed by atoms with Crippen LogP contribution in [0.15, 0.2) is 127 Å². The first-order valence-electron chi connectivity index (χ1n) is 15.7. The van der Waals surface area contributed by atoms with Gasteiger partial charge in [0.15, 0.2) is 11.4 Å². The smallest absolute Gasteiger partial charge is 0.315 e. The molecule has 1 aliphatic heterocycles. The van der Waals surface area contributed by atoms with Crippen molar-refractivity contribution in [3.8, 4) is 11.1 Å². The fourth-order valence-corrected chi connectivity index (χ4v) is 6.51. The van der Waals surface area contributed by atoms with Crippen LogP contribution in [0.5, 0.6) is 0 Å². The number of hydrogen-bond acceptors (Lipinski definition) is 7. The Morgan fingerprint density at radius 3 is 2.15 bits per heavy atom. The van der Waals surface area contributed by atoms with Gasteiger partial charge in [-0.2, -0.15) is 0 Å². The number of nitrogens with one attached hydrogen (secondary N) is 2. The van der Waals surface area contributed by atoms with Gasteiger partial charge in [-0.05, 0) is 45.5 Å². The van der Waals surface area contributed by atoms with Gasteiger partial charge in [0.25, 0.3) is 0 Å². The molecule has 1 saturated heterocycles. The number of nitrogens with zero attached hydrogens (tertiary/aromatic N) is 2. The number of benzene rings is 4. The molecular formula is C38H38N4O4S. The molecule has 2 heterocycles. The van der Waals surface area contributed by atoms with Crippen LogP contribution in [0.25, 0.3) is 11.1 Å². The van der Waals surface area contributed by atoms with E-state index in [2.05, 4.69) is 51.8 Å². The number of thioether (sulfide) groups is 1. The van der Waals surface area contributed by atoms with E-state index in [9.17, 15) is 9.90 Å². The maximum atomic E-state index is 12.4. The van der Waals surface area contributed by atoms with Gasteiger partial charge < -0.3 is 25.2 Å². The average molecular weight is 647 g/mol. The van der Waals surface area contributed by atoms with Crippen molar-refractivity contribution in [1.82, 2.24) is 20.6 Å². The molecule has 240 valence electrons. The van der Waals surface area contributed by atoms with Gasteiger partial charge in [-0.3, -0.25) is 0 Å². The van der Waals surface area contributed by atoms with Crippen LogP contribution < -0.4 is 10.6 Å². The number of aromatic nitrogens is 2. The molecule has 0 radical (unpaired) electrons. The van der Waals surface area contributed by atoms with Crippen molar-refractivity contribution >= 4 is 17.8 Å². The quantitative estimate of drug-likeness (QED) is 0.103. The van der Waals surface area contributed by atoms with Gasteiger partial charge in [-0.1, -0.05) is 116 Å². The number of hydrogen-bond donors (Lipinski definition) is 3. The largest absolute Gasteiger partial charge is 0.392 e.